The third-order valence-corrected chi connectivity index (χ3v) is 3.95. The number of benzene rings is 1. The minimum atomic E-state index is -0.258. The molecule has 1 heterocycles. The molecule has 0 spiro atoms. The topological polar surface area (TPSA) is 47.2 Å². The van der Waals surface area contributed by atoms with E-state index >= 15 is 0 Å². The summed E-state index contributed by atoms with van der Waals surface area (Å²) in [5, 5.41) is 3.55. The first-order valence-corrected chi connectivity index (χ1v) is 7.16. The van der Waals surface area contributed by atoms with Gasteiger partial charge in [-0.25, -0.2) is 4.79 Å². The van der Waals surface area contributed by atoms with E-state index in [0.29, 0.717) is 18.2 Å². The zero-order valence-corrected chi connectivity index (χ0v) is 11.1. The number of hydrogen-bond donors (Lipinski definition) is 1. The zero-order chi connectivity index (χ0) is 13.1. The molecule has 0 aliphatic heterocycles. The van der Waals surface area contributed by atoms with Crippen molar-refractivity contribution in [3.05, 3.63) is 34.8 Å². The predicted octanol–water partition coefficient (Wildman–Crippen LogP) is 2.52. The average Bonchev–Trinajstić information content (AvgIpc) is 2.76. The number of aromatic nitrogens is 1. The van der Waals surface area contributed by atoms with Crippen molar-refractivity contribution in [3.63, 3.8) is 0 Å². The summed E-state index contributed by atoms with van der Waals surface area (Å²) in [6, 6.07) is 8.21. The Morgan fingerprint density at radius 3 is 2.84 bits per heavy atom. The third-order valence-electron chi connectivity index (χ3n) is 3.95. The quantitative estimate of drug-likeness (QED) is 0.919. The molecule has 1 aliphatic carbocycles. The van der Waals surface area contributed by atoms with Crippen LogP contribution in [0.1, 0.15) is 32.1 Å². The molecule has 0 radical (unpaired) electrons. The van der Waals surface area contributed by atoms with Crippen LogP contribution in [0, 0.1) is 0 Å². The van der Waals surface area contributed by atoms with E-state index in [-0.39, 0.29) is 5.76 Å². The highest BCUT2D eigenvalue weighted by Crippen LogP contribution is 2.17. The van der Waals surface area contributed by atoms with Crippen molar-refractivity contribution in [3.8, 4) is 0 Å². The Hall–Kier alpha value is -1.55. The number of nitrogens with one attached hydrogen (secondary N) is 1. The molecule has 1 N–H and O–H groups in total. The molecule has 0 saturated heterocycles. The van der Waals surface area contributed by atoms with Crippen LogP contribution in [-0.4, -0.2) is 17.2 Å². The van der Waals surface area contributed by atoms with Gasteiger partial charge >= 0.3 is 5.76 Å². The average molecular weight is 260 g/mol. The lowest BCUT2D eigenvalue weighted by Gasteiger charge is -2.22. The van der Waals surface area contributed by atoms with Crippen LogP contribution < -0.4 is 11.1 Å². The molecule has 2 aromatic rings. The molecule has 1 saturated carbocycles. The monoisotopic (exact) mass is 260 g/mol. The van der Waals surface area contributed by atoms with Crippen LogP contribution in [0.4, 0.5) is 0 Å². The van der Waals surface area contributed by atoms with Crippen LogP contribution >= 0.6 is 0 Å². The van der Waals surface area contributed by atoms with Crippen molar-refractivity contribution < 1.29 is 4.42 Å². The lowest BCUT2D eigenvalue weighted by Crippen LogP contribution is -2.34. The molecule has 3 rings (SSSR count). The van der Waals surface area contributed by atoms with Gasteiger partial charge in [-0.1, -0.05) is 31.4 Å². The lowest BCUT2D eigenvalue weighted by atomic mass is 9.95. The Morgan fingerprint density at radius 2 is 2.00 bits per heavy atom. The highest BCUT2D eigenvalue weighted by molar-refractivity contribution is 5.72. The van der Waals surface area contributed by atoms with Gasteiger partial charge in [0, 0.05) is 19.1 Å². The SMILES string of the molecule is O=c1oc2ccccc2n1CCNC1CCCCC1. The fraction of sp³-hybridized carbons (Fsp3) is 0.533. The van der Waals surface area contributed by atoms with Crippen molar-refractivity contribution in [1.29, 1.82) is 0 Å². The summed E-state index contributed by atoms with van der Waals surface area (Å²) >= 11 is 0. The van der Waals surface area contributed by atoms with Gasteiger partial charge in [-0.15, -0.1) is 0 Å². The highest BCUT2D eigenvalue weighted by Gasteiger charge is 2.13. The fourth-order valence-corrected chi connectivity index (χ4v) is 2.91. The van der Waals surface area contributed by atoms with Crippen LogP contribution in [0.25, 0.3) is 11.1 Å². The molecule has 0 unspecified atom stereocenters. The summed E-state index contributed by atoms with van der Waals surface area (Å²) in [7, 11) is 0. The molecule has 1 aromatic heterocycles. The van der Waals surface area contributed by atoms with Crippen LogP contribution in [0.15, 0.2) is 33.5 Å². The maximum atomic E-state index is 11.8. The van der Waals surface area contributed by atoms with Crippen molar-refractivity contribution in [2.24, 2.45) is 0 Å². The molecule has 1 aromatic carbocycles. The van der Waals surface area contributed by atoms with Gasteiger partial charge in [-0.05, 0) is 25.0 Å². The van der Waals surface area contributed by atoms with Crippen LogP contribution in [0.5, 0.6) is 0 Å². The molecule has 0 bridgehead atoms. The number of nitrogens with zero attached hydrogens (tertiary/aromatic N) is 1. The second kappa shape index (κ2) is 5.61. The fourth-order valence-electron chi connectivity index (χ4n) is 2.91. The van der Waals surface area contributed by atoms with Gasteiger partial charge in [-0.2, -0.15) is 0 Å². The van der Waals surface area contributed by atoms with Crippen LogP contribution in [-0.2, 0) is 6.54 Å². The van der Waals surface area contributed by atoms with E-state index in [1.54, 1.807) is 4.57 Å². The largest absolute Gasteiger partial charge is 0.419 e. The van der Waals surface area contributed by atoms with E-state index in [0.717, 1.165) is 12.1 Å². The van der Waals surface area contributed by atoms with Gasteiger partial charge in [0.1, 0.15) is 0 Å². The maximum absolute atomic E-state index is 11.8. The summed E-state index contributed by atoms with van der Waals surface area (Å²) in [5.41, 5.74) is 1.56. The van der Waals surface area contributed by atoms with E-state index in [9.17, 15) is 4.79 Å². The van der Waals surface area contributed by atoms with Gasteiger partial charge < -0.3 is 9.73 Å². The van der Waals surface area contributed by atoms with Gasteiger partial charge in [0.15, 0.2) is 5.58 Å². The summed E-state index contributed by atoms with van der Waals surface area (Å²) in [6.45, 7) is 1.50. The molecule has 0 atom stereocenters. The molecule has 1 fully saturated rings. The van der Waals surface area contributed by atoms with Crippen molar-refractivity contribution >= 4 is 11.1 Å². The zero-order valence-electron chi connectivity index (χ0n) is 11.1. The Balaban J connectivity index is 1.65. The van der Waals surface area contributed by atoms with Crippen molar-refractivity contribution in [1.82, 2.24) is 9.88 Å². The first-order chi connectivity index (χ1) is 9.34. The van der Waals surface area contributed by atoms with E-state index in [4.69, 9.17) is 4.42 Å². The molecular weight excluding hydrogens is 240 g/mol. The van der Waals surface area contributed by atoms with Crippen LogP contribution in [0.2, 0.25) is 0 Å². The number of oxazole rings is 1. The van der Waals surface area contributed by atoms with Gasteiger partial charge in [0.2, 0.25) is 0 Å². The molecular formula is C15H20N2O2. The standard InChI is InChI=1S/C15H20N2O2/c18-15-17(13-8-4-5-9-14(13)19-15)11-10-16-12-6-2-1-3-7-12/h4-5,8-9,12,16H,1-3,6-7,10-11H2. The predicted molar refractivity (Wildman–Crippen MR) is 75.3 cm³/mol. The first kappa shape index (κ1) is 12.5. The molecule has 4 heteroatoms. The number of para-hydroxylation sites is 2. The van der Waals surface area contributed by atoms with E-state index < -0.39 is 0 Å². The van der Waals surface area contributed by atoms with Crippen molar-refractivity contribution in [2.45, 2.75) is 44.7 Å². The Bertz CT molecular complexity index is 593. The molecule has 0 amide bonds. The second-order valence-electron chi connectivity index (χ2n) is 5.28. The minimum Gasteiger partial charge on any atom is -0.408 e. The summed E-state index contributed by atoms with van der Waals surface area (Å²) in [5.74, 6) is -0.258. The summed E-state index contributed by atoms with van der Waals surface area (Å²) < 4.78 is 6.93. The second-order valence-corrected chi connectivity index (χ2v) is 5.28. The smallest absolute Gasteiger partial charge is 0.408 e. The lowest BCUT2D eigenvalue weighted by molar-refractivity contribution is 0.365. The van der Waals surface area contributed by atoms with Gasteiger partial charge in [0.25, 0.3) is 0 Å². The van der Waals surface area contributed by atoms with E-state index in [1.165, 1.54) is 32.1 Å². The van der Waals surface area contributed by atoms with Crippen molar-refractivity contribution in [2.75, 3.05) is 6.54 Å². The molecule has 1 aliphatic rings. The molecule has 4 nitrogen and oxygen atoms in total. The summed E-state index contributed by atoms with van der Waals surface area (Å²) in [4.78, 5) is 11.8. The first-order valence-electron chi connectivity index (χ1n) is 7.16. The Labute approximate surface area is 112 Å². The Morgan fingerprint density at radius 1 is 1.21 bits per heavy atom. The van der Waals surface area contributed by atoms with Gasteiger partial charge in [-0.3, -0.25) is 4.57 Å². The normalized spacial score (nSPS) is 17.1. The minimum absolute atomic E-state index is 0.258. The molecule has 19 heavy (non-hydrogen) atoms. The number of hydrogen-bond acceptors (Lipinski definition) is 3. The van der Waals surface area contributed by atoms with Crippen LogP contribution in [0.3, 0.4) is 0 Å². The number of rotatable bonds is 4. The number of fused-ring (bicyclic) bond motifs is 1. The van der Waals surface area contributed by atoms with E-state index in [2.05, 4.69) is 5.32 Å². The molecule has 102 valence electrons. The Kier molecular flexibility index (Phi) is 3.69. The summed E-state index contributed by atoms with van der Waals surface area (Å²) in [6.07, 6.45) is 6.55. The highest BCUT2D eigenvalue weighted by atomic mass is 16.4. The van der Waals surface area contributed by atoms with Gasteiger partial charge in [0.05, 0.1) is 5.52 Å². The maximum Gasteiger partial charge on any atom is 0.419 e. The third kappa shape index (κ3) is 2.73. The van der Waals surface area contributed by atoms with E-state index in [1.807, 2.05) is 24.3 Å².